The van der Waals surface area contributed by atoms with Crippen LogP contribution in [0.15, 0.2) is 47.8 Å². The smallest absolute Gasteiger partial charge is 0.396 e. The van der Waals surface area contributed by atoms with E-state index in [0.29, 0.717) is 5.00 Å². The average molecular weight is 247 g/mol. The number of thiophene rings is 1. The number of diazo groups is 1. The molecule has 0 unspecified atom stereocenters. The lowest BCUT2D eigenvalue weighted by Crippen LogP contribution is -1.87. The van der Waals surface area contributed by atoms with Gasteiger partial charge in [0.1, 0.15) is 0 Å². The third-order valence-electron chi connectivity index (χ3n) is 2.07. The van der Waals surface area contributed by atoms with E-state index >= 15 is 0 Å². The Morgan fingerprint density at radius 1 is 1.12 bits per heavy atom. The number of hydrogen-bond acceptors (Lipinski definition) is 3. The molecule has 0 atom stereocenters. The summed E-state index contributed by atoms with van der Waals surface area (Å²) >= 11 is 1.41. The fraction of sp³-hybridized carbons (Fsp3) is 0.231. The first-order chi connectivity index (χ1) is 8.36. The van der Waals surface area contributed by atoms with Crippen molar-refractivity contribution in [1.82, 2.24) is 0 Å². The van der Waals surface area contributed by atoms with Crippen LogP contribution in [0.5, 0.6) is 0 Å². The highest BCUT2D eigenvalue weighted by atomic mass is 32.1. The minimum absolute atomic E-state index is 0.287. The van der Waals surface area contributed by atoms with Gasteiger partial charge in [-0.3, -0.25) is 0 Å². The van der Waals surface area contributed by atoms with E-state index in [-0.39, 0.29) is 6.61 Å². The molecular formula is C13H15N2OS+. The molecule has 2 rings (SSSR count). The Labute approximate surface area is 105 Å². The van der Waals surface area contributed by atoms with Gasteiger partial charge < -0.3 is 5.11 Å². The molecule has 1 heterocycles. The third-order valence-corrected chi connectivity index (χ3v) is 2.82. The zero-order valence-electron chi connectivity index (χ0n) is 9.49. The zero-order chi connectivity index (χ0) is 12.3. The number of benzene rings is 1. The largest absolute Gasteiger partial charge is 0.440 e. The molecule has 0 spiro atoms. The van der Waals surface area contributed by atoms with E-state index in [1.807, 2.05) is 29.6 Å². The predicted molar refractivity (Wildman–Crippen MR) is 70.9 cm³/mol. The van der Waals surface area contributed by atoms with Gasteiger partial charge >= 0.3 is 5.00 Å². The van der Waals surface area contributed by atoms with E-state index in [1.165, 1.54) is 16.9 Å². The van der Waals surface area contributed by atoms with Crippen molar-refractivity contribution in [2.75, 3.05) is 6.61 Å². The highest BCUT2D eigenvalue weighted by Crippen LogP contribution is 2.17. The molecule has 2 aromatic rings. The van der Waals surface area contributed by atoms with Crippen LogP contribution in [0, 0.1) is 5.39 Å². The van der Waals surface area contributed by atoms with Crippen molar-refractivity contribution in [3.63, 3.8) is 0 Å². The van der Waals surface area contributed by atoms with Crippen LogP contribution in [0.2, 0.25) is 0 Å². The Kier molecular flexibility index (Phi) is 6.64. The second kappa shape index (κ2) is 8.45. The first kappa shape index (κ1) is 13.4. The average Bonchev–Trinajstić information content (AvgIpc) is 2.91. The summed E-state index contributed by atoms with van der Waals surface area (Å²) in [6, 6.07) is 13.8. The molecule has 0 aliphatic carbocycles. The lowest BCUT2D eigenvalue weighted by molar-refractivity contribution is 0.288. The molecule has 1 aromatic carbocycles. The Hall–Kier alpha value is -1.70. The van der Waals surface area contributed by atoms with E-state index in [4.69, 9.17) is 10.5 Å². The molecule has 0 bridgehead atoms. The molecule has 0 aliphatic rings. The van der Waals surface area contributed by atoms with Crippen LogP contribution in [-0.2, 0) is 6.42 Å². The van der Waals surface area contributed by atoms with E-state index in [1.54, 1.807) is 6.07 Å². The first-order valence-electron chi connectivity index (χ1n) is 5.40. The van der Waals surface area contributed by atoms with Gasteiger partial charge in [-0.05, 0) is 29.9 Å². The molecular weight excluding hydrogens is 232 g/mol. The summed E-state index contributed by atoms with van der Waals surface area (Å²) in [6.07, 6.45) is 1.85. The number of aliphatic hydroxyl groups is 1. The summed E-state index contributed by atoms with van der Waals surface area (Å²) in [6.45, 7) is 0.287. The molecule has 0 saturated carbocycles. The summed E-state index contributed by atoms with van der Waals surface area (Å²) < 4.78 is 0. The second-order valence-electron chi connectivity index (χ2n) is 3.36. The summed E-state index contributed by atoms with van der Waals surface area (Å²) in [4.78, 5) is 2.95. The van der Waals surface area contributed by atoms with Crippen LogP contribution in [-0.4, -0.2) is 11.7 Å². The van der Waals surface area contributed by atoms with Crippen molar-refractivity contribution < 1.29 is 5.11 Å². The SMILES string of the molecule is N#[N+]c1cccs1.OCCCc1ccccc1. The summed E-state index contributed by atoms with van der Waals surface area (Å²) in [5, 5.41) is 19.1. The summed E-state index contributed by atoms with van der Waals surface area (Å²) in [5.41, 5.74) is 1.30. The number of aliphatic hydroxyl groups excluding tert-OH is 1. The lowest BCUT2D eigenvalue weighted by atomic mass is 10.1. The Morgan fingerprint density at radius 2 is 1.88 bits per heavy atom. The van der Waals surface area contributed by atoms with Crippen LogP contribution in [0.1, 0.15) is 12.0 Å². The summed E-state index contributed by atoms with van der Waals surface area (Å²) in [7, 11) is 0. The minimum atomic E-state index is 0.287. The maximum absolute atomic E-state index is 8.53. The fourth-order valence-corrected chi connectivity index (χ4v) is 1.76. The Bertz CT molecular complexity index is 434. The second-order valence-corrected chi connectivity index (χ2v) is 4.29. The Balaban J connectivity index is 0.000000181. The van der Waals surface area contributed by atoms with E-state index in [9.17, 15) is 0 Å². The van der Waals surface area contributed by atoms with Crippen molar-refractivity contribution >= 4 is 16.3 Å². The van der Waals surface area contributed by atoms with E-state index in [0.717, 1.165) is 12.8 Å². The van der Waals surface area contributed by atoms with Gasteiger partial charge in [-0.1, -0.05) is 41.7 Å². The molecule has 0 saturated heterocycles. The van der Waals surface area contributed by atoms with Gasteiger partial charge in [0.25, 0.3) is 0 Å². The van der Waals surface area contributed by atoms with Crippen LogP contribution < -0.4 is 0 Å². The van der Waals surface area contributed by atoms with Gasteiger partial charge in [0.05, 0.1) is 0 Å². The summed E-state index contributed by atoms with van der Waals surface area (Å²) in [5.74, 6) is 0. The molecule has 17 heavy (non-hydrogen) atoms. The maximum Gasteiger partial charge on any atom is 0.440 e. The molecule has 4 heteroatoms. The number of nitrogens with zero attached hydrogens (tertiary/aromatic N) is 2. The number of rotatable bonds is 3. The molecule has 1 aromatic heterocycles. The van der Waals surface area contributed by atoms with Crippen molar-refractivity contribution in [2.24, 2.45) is 0 Å². The molecule has 0 aliphatic heterocycles. The number of hydrogen-bond donors (Lipinski definition) is 1. The zero-order valence-corrected chi connectivity index (χ0v) is 10.3. The van der Waals surface area contributed by atoms with E-state index in [2.05, 4.69) is 17.1 Å². The van der Waals surface area contributed by atoms with Gasteiger partial charge in [0, 0.05) is 12.7 Å². The fourth-order valence-electron chi connectivity index (χ4n) is 1.25. The molecule has 3 nitrogen and oxygen atoms in total. The van der Waals surface area contributed by atoms with Gasteiger partial charge in [-0.25, -0.2) is 0 Å². The van der Waals surface area contributed by atoms with Gasteiger partial charge in [0.15, 0.2) is 4.98 Å². The van der Waals surface area contributed by atoms with Crippen LogP contribution in [0.3, 0.4) is 0 Å². The quantitative estimate of drug-likeness (QED) is 0.837. The van der Waals surface area contributed by atoms with Gasteiger partial charge in [-0.15, -0.1) is 0 Å². The molecule has 0 fully saturated rings. The highest BCUT2D eigenvalue weighted by Gasteiger charge is 1.99. The predicted octanol–water partition coefficient (Wildman–Crippen LogP) is 3.84. The van der Waals surface area contributed by atoms with Gasteiger partial charge in [-0.2, -0.15) is 0 Å². The van der Waals surface area contributed by atoms with Crippen LogP contribution in [0.25, 0.3) is 4.98 Å². The minimum Gasteiger partial charge on any atom is -0.396 e. The Morgan fingerprint density at radius 3 is 2.35 bits per heavy atom. The van der Waals surface area contributed by atoms with Crippen molar-refractivity contribution in [3.8, 4) is 0 Å². The molecule has 0 radical (unpaired) electrons. The first-order valence-corrected chi connectivity index (χ1v) is 6.28. The molecule has 0 amide bonds. The normalized spacial score (nSPS) is 8.94. The highest BCUT2D eigenvalue weighted by molar-refractivity contribution is 7.14. The standard InChI is InChI=1S/C9H12O.C4H3N2S/c10-8-4-7-9-5-2-1-3-6-9;5-6-4-2-1-3-7-4/h1-3,5-6,10H,4,7-8H2;1-3H/q;+1. The molecule has 1 N–H and O–H groups in total. The monoisotopic (exact) mass is 247 g/mol. The maximum atomic E-state index is 8.53. The van der Waals surface area contributed by atoms with Crippen LogP contribution >= 0.6 is 11.3 Å². The lowest BCUT2D eigenvalue weighted by Gasteiger charge is -1.96. The van der Waals surface area contributed by atoms with E-state index < -0.39 is 0 Å². The van der Waals surface area contributed by atoms with Crippen molar-refractivity contribution in [2.45, 2.75) is 12.8 Å². The van der Waals surface area contributed by atoms with Crippen molar-refractivity contribution in [1.29, 1.82) is 5.39 Å². The third kappa shape index (κ3) is 5.81. The van der Waals surface area contributed by atoms with Gasteiger partial charge in [0.2, 0.25) is 5.39 Å². The van der Waals surface area contributed by atoms with Crippen LogP contribution in [0.4, 0.5) is 5.00 Å². The number of aryl methyl sites for hydroxylation is 1. The van der Waals surface area contributed by atoms with Crippen molar-refractivity contribution in [3.05, 3.63) is 58.4 Å². The topological polar surface area (TPSA) is 48.4 Å². The molecule has 88 valence electrons.